The smallest absolute Gasteiger partial charge is 0.274 e. The largest absolute Gasteiger partial charge is 0.382 e. The molecule has 1 unspecified atom stereocenters. The Labute approximate surface area is 99.8 Å². The van der Waals surface area contributed by atoms with Crippen molar-refractivity contribution in [3.8, 4) is 0 Å². The molecule has 92 valence electrons. The average Bonchev–Trinajstić information content (AvgIpc) is 2.53. The summed E-state index contributed by atoms with van der Waals surface area (Å²) >= 11 is 0. The van der Waals surface area contributed by atoms with Crippen LogP contribution in [-0.4, -0.2) is 46.6 Å². The van der Waals surface area contributed by atoms with E-state index in [1.165, 1.54) is 12.4 Å². The highest BCUT2D eigenvalue weighted by Gasteiger charge is 2.22. The predicted molar refractivity (Wildman–Crippen MR) is 62.4 cm³/mol. The van der Waals surface area contributed by atoms with Gasteiger partial charge in [-0.3, -0.25) is 9.78 Å². The number of amides is 1. The Bertz CT molecular complexity index is 410. The number of hydrogen-bond acceptors (Lipinski definition) is 5. The number of nitrogen functional groups attached to an aromatic ring is 1. The first-order chi connectivity index (χ1) is 8.16. The zero-order chi connectivity index (χ0) is 12.3. The van der Waals surface area contributed by atoms with Crippen molar-refractivity contribution in [1.29, 1.82) is 0 Å². The molecular formula is C11H16N4O2. The third kappa shape index (κ3) is 2.91. The highest BCUT2D eigenvalue weighted by Crippen LogP contribution is 2.09. The maximum absolute atomic E-state index is 12.2. The van der Waals surface area contributed by atoms with Crippen molar-refractivity contribution in [2.45, 2.75) is 19.4 Å². The number of carbonyl (C=O) groups excluding carboxylic acids is 1. The molecule has 2 rings (SSSR count). The van der Waals surface area contributed by atoms with Crippen LogP contribution in [-0.2, 0) is 4.74 Å². The van der Waals surface area contributed by atoms with Gasteiger partial charge in [0.1, 0.15) is 11.5 Å². The number of carbonyl (C=O) groups is 1. The lowest BCUT2D eigenvalue weighted by atomic mass is 10.3. The van der Waals surface area contributed by atoms with E-state index in [0.29, 0.717) is 25.4 Å². The molecular weight excluding hydrogens is 220 g/mol. The third-order valence-corrected chi connectivity index (χ3v) is 2.61. The number of aromatic nitrogens is 2. The first kappa shape index (κ1) is 11.8. The SMILES string of the molecule is CC1CN(C(=O)c2cncc(N)n2)CCCO1. The van der Waals surface area contributed by atoms with Crippen LogP contribution < -0.4 is 5.73 Å². The molecule has 1 aliphatic heterocycles. The van der Waals surface area contributed by atoms with Gasteiger partial charge in [0.05, 0.1) is 18.5 Å². The molecule has 0 aliphatic carbocycles. The molecule has 6 nitrogen and oxygen atoms in total. The standard InChI is InChI=1S/C11H16N4O2/c1-8-7-15(3-2-4-17-8)11(16)9-5-13-6-10(12)14-9/h5-6,8H,2-4,7H2,1H3,(H2,12,14). The van der Waals surface area contributed by atoms with Gasteiger partial charge < -0.3 is 15.4 Å². The van der Waals surface area contributed by atoms with Gasteiger partial charge in [-0.15, -0.1) is 0 Å². The van der Waals surface area contributed by atoms with Gasteiger partial charge in [0.25, 0.3) is 5.91 Å². The van der Waals surface area contributed by atoms with E-state index in [1.54, 1.807) is 4.90 Å². The number of nitrogens with two attached hydrogens (primary N) is 1. The summed E-state index contributed by atoms with van der Waals surface area (Å²) in [6, 6.07) is 0. The Morgan fingerprint density at radius 1 is 1.59 bits per heavy atom. The van der Waals surface area contributed by atoms with E-state index in [4.69, 9.17) is 10.5 Å². The summed E-state index contributed by atoms with van der Waals surface area (Å²) in [5, 5.41) is 0. The molecule has 2 heterocycles. The molecule has 1 fully saturated rings. The normalized spacial score (nSPS) is 21.0. The molecule has 0 aromatic carbocycles. The van der Waals surface area contributed by atoms with Crippen LogP contribution in [0.2, 0.25) is 0 Å². The van der Waals surface area contributed by atoms with E-state index < -0.39 is 0 Å². The van der Waals surface area contributed by atoms with Gasteiger partial charge in [-0.1, -0.05) is 0 Å². The maximum Gasteiger partial charge on any atom is 0.274 e. The number of rotatable bonds is 1. The fraction of sp³-hybridized carbons (Fsp3) is 0.545. The van der Waals surface area contributed by atoms with E-state index in [0.717, 1.165) is 6.42 Å². The Hall–Kier alpha value is -1.69. The zero-order valence-electron chi connectivity index (χ0n) is 9.80. The summed E-state index contributed by atoms with van der Waals surface area (Å²) in [7, 11) is 0. The highest BCUT2D eigenvalue weighted by atomic mass is 16.5. The molecule has 17 heavy (non-hydrogen) atoms. The van der Waals surface area contributed by atoms with Crippen LogP contribution in [0.25, 0.3) is 0 Å². The Morgan fingerprint density at radius 2 is 2.41 bits per heavy atom. The fourth-order valence-corrected chi connectivity index (χ4v) is 1.82. The molecule has 0 saturated carbocycles. The van der Waals surface area contributed by atoms with E-state index in [2.05, 4.69) is 9.97 Å². The Kier molecular flexibility index (Phi) is 3.53. The summed E-state index contributed by atoms with van der Waals surface area (Å²) < 4.78 is 5.49. The summed E-state index contributed by atoms with van der Waals surface area (Å²) in [5.41, 5.74) is 5.81. The molecule has 1 aromatic heterocycles. The second-order valence-corrected chi connectivity index (χ2v) is 4.12. The molecule has 0 bridgehead atoms. The van der Waals surface area contributed by atoms with Crippen LogP contribution in [0.3, 0.4) is 0 Å². The predicted octanol–water partition coefficient (Wildman–Crippen LogP) is 0.310. The van der Waals surface area contributed by atoms with Crippen molar-refractivity contribution in [3.63, 3.8) is 0 Å². The van der Waals surface area contributed by atoms with Gasteiger partial charge in [0.2, 0.25) is 0 Å². The quantitative estimate of drug-likeness (QED) is 0.759. The van der Waals surface area contributed by atoms with Crippen LogP contribution >= 0.6 is 0 Å². The minimum Gasteiger partial charge on any atom is -0.382 e. The van der Waals surface area contributed by atoms with Crippen LogP contribution in [0.1, 0.15) is 23.8 Å². The van der Waals surface area contributed by atoms with Crippen molar-refractivity contribution < 1.29 is 9.53 Å². The van der Waals surface area contributed by atoms with Crippen molar-refractivity contribution in [2.75, 3.05) is 25.4 Å². The molecule has 0 radical (unpaired) electrons. The molecule has 1 aromatic rings. The lowest BCUT2D eigenvalue weighted by molar-refractivity contribution is 0.0559. The number of ether oxygens (including phenoxy) is 1. The van der Waals surface area contributed by atoms with Crippen LogP contribution in [0.5, 0.6) is 0 Å². The van der Waals surface area contributed by atoms with E-state index in [1.807, 2.05) is 6.92 Å². The molecule has 1 atom stereocenters. The molecule has 1 amide bonds. The molecule has 0 spiro atoms. The summed E-state index contributed by atoms with van der Waals surface area (Å²) in [6.07, 6.45) is 3.75. The minimum absolute atomic E-state index is 0.0514. The van der Waals surface area contributed by atoms with Gasteiger partial charge in [-0.25, -0.2) is 4.98 Å². The Balaban J connectivity index is 2.13. The van der Waals surface area contributed by atoms with Gasteiger partial charge in [0, 0.05) is 19.7 Å². The third-order valence-electron chi connectivity index (χ3n) is 2.61. The lowest BCUT2D eigenvalue weighted by Crippen LogP contribution is -2.36. The molecule has 1 aliphatic rings. The van der Waals surface area contributed by atoms with Gasteiger partial charge >= 0.3 is 0 Å². The number of hydrogen-bond donors (Lipinski definition) is 1. The topological polar surface area (TPSA) is 81.3 Å². The van der Waals surface area contributed by atoms with E-state index in [-0.39, 0.29) is 17.8 Å². The van der Waals surface area contributed by atoms with Gasteiger partial charge in [-0.2, -0.15) is 0 Å². The lowest BCUT2D eigenvalue weighted by Gasteiger charge is -2.21. The summed E-state index contributed by atoms with van der Waals surface area (Å²) in [6.45, 7) is 3.90. The first-order valence-corrected chi connectivity index (χ1v) is 5.65. The van der Waals surface area contributed by atoms with E-state index in [9.17, 15) is 4.79 Å². The number of anilines is 1. The zero-order valence-corrected chi connectivity index (χ0v) is 9.80. The van der Waals surface area contributed by atoms with Crippen LogP contribution in [0, 0.1) is 0 Å². The van der Waals surface area contributed by atoms with Crippen molar-refractivity contribution in [2.24, 2.45) is 0 Å². The van der Waals surface area contributed by atoms with Gasteiger partial charge in [0.15, 0.2) is 0 Å². The summed E-state index contributed by atoms with van der Waals surface area (Å²) in [4.78, 5) is 21.8. The van der Waals surface area contributed by atoms with Crippen LogP contribution in [0.4, 0.5) is 5.82 Å². The maximum atomic E-state index is 12.2. The average molecular weight is 236 g/mol. The highest BCUT2D eigenvalue weighted by molar-refractivity contribution is 5.92. The van der Waals surface area contributed by atoms with Gasteiger partial charge in [-0.05, 0) is 13.3 Å². The second-order valence-electron chi connectivity index (χ2n) is 4.12. The minimum atomic E-state index is -0.137. The van der Waals surface area contributed by atoms with Crippen molar-refractivity contribution >= 4 is 11.7 Å². The monoisotopic (exact) mass is 236 g/mol. The first-order valence-electron chi connectivity index (χ1n) is 5.65. The fourth-order valence-electron chi connectivity index (χ4n) is 1.82. The van der Waals surface area contributed by atoms with E-state index >= 15 is 0 Å². The van der Waals surface area contributed by atoms with Crippen LogP contribution in [0.15, 0.2) is 12.4 Å². The Morgan fingerprint density at radius 3 is 3.18 bits per heavy atom. The van der Waals surface area contributed by atoms with Crippen molar-refractivity contribution in [1.82, 2.24) is 14.9 Å². The summed E-state index contributed by atoms with van der Waals surface area (Å²) in [5.74, 6) is 0.122. The number of nitrogens with zero attached hydrogens (tertiary/aromatic N) is 3. The second kappa shape index (κ2) is 5.09. The molecule has 1 saturated heterocycles. The van der Waals surface area contributed by atoms with Crippen molar-refractivity contribution in [3.05, 3.63) is 18.1 Å². The molecule has 2 N–H and O–H groups in total. The molecule has 6 heteroatoms.